The molecule has 0 bridgehead atoms. The molecule has 1 saturated heterocycles. The number of nitrogens with zero attached hydrogens (tertiary/aromatic N) is 3. The van der Waals surface area contributed by atoms with E-state index in [1.165, 1.54) is 18.5 Å². The Kier molecular flexibility index (Phi) is 7.37. The van der Waals surface area contributed by atoms with E-state index in [0.717, 1.165) is 65.9 Å². The molecular formula is C29H34ClN5. The summed E-state index contributed by atoms with van der Waals surface area (Å²) in [5.74, 6) is 0. The highest BCUT2D eigenvalue weighted by atomic mass is 35.5. The van der Waals surface area contributed by atoms with Gasteiger partial charge in [0.25, 0.3) is 0 Å². The maximum absolute atomic E-state index is 6.69. The smallest absolute Gasteiger partial charge is 0.0954 e. The molecule has 0 atom stereocenters. The third kappa shape index (κ3) is 5.15. The van der Waals surface area contributed by atoms with E-state index in [4.69, 9.17) is 28.1 Å². The molecule has 1 fully saturated rings. The van der Waals surface area contributed by atoms with Crippen LogP contribution in [0.4, 0.5) is 5.69 Å². The van der Waals surface area contributed by atoms with Crippen molar-refractivity contribution in [3.63, 3.8) is 0 Å². The second-order valence-corrected chi connectivity index (χ2v) is 9.49. The van der Waals surface area contributed by atoms with Crippen molar-refractivity contribution < 1.29 is 0 Å². The molecule has 0 amide bonds. The number of unbranched alkanes of at least 4 members (excludes halogenated alkanes) is 1. The number of pyridine rings is 1. The van der Waals surface area contributed by atoms with Crippen LogP contribution in [-0.2, 0) is 0 Å². The van der Waals surface area contributed by atoms with Crippen molar-refractivity contribution in [1.29, 1.82) is 0 Å². The van der Waals surface area contributed by atoms with Crippen LogP contribution in [0.3, 0.4) is 0 Å². The van der Waals surface area contributed by atoms with Crippen molar-refractivity contribution >= 4 is 39.6 Å². The molecule has 4 rings (SSSR count). The zero-order chi connectivity index (χ0) is 25.1. The molecule has 2 heterocycles. The van der Waals surface area contributed by atoms with Crippen LogP contribution in [0.2, 0.25) is 5.02 Å². The Labute approximate surface area is 213 Å². The van der Waals surface area contributed by atoms with Crippen LogP contribution in [0.1, 0.15) is 37.3 Å². The fourth-order valence-corrected chi connectivity index (χ4v) is 4.77. The second kappa shape index (κ2) is 10.4. The Morgan fingerprint density at radius 1 is 1.00 bits per heavy atom. The number of aromatic nitrogens is 1. The first-order valence-corrected chi connectivity index (χ1v) is 12.5. The van der Waals surface area contributed by atoms with Crippen LogP contribution in [0.25, 0.3) is 33.6 Å². The van der Waals surface area contributed by atoms with E-state index in [-0.39, 0.29) is 0 Å². The van der Waals surface area contributed by atoms with Crippen molar-refractivity contribution in [3.05, 3.63) is 84.0 Å². The van der Waals surface area contributed by atoms with Gasteiger partial charge in [0.2, 0.25) is 0 Å². The predicted molar refractivity (Wildman–Crippen MR) is 151 cm³/mol. The van der Waals surface area contributed by atoms with Gasteiger partial charge in [-0.15, -0.1) is 0 Å². The second-order valence-electron chi connectivity index (χ2n) is 9.12. The van der Waals surface area contributed by atoms with Crippen LogP contribution in [0, 0.1) is 0 Å². The zero-order valence-corrected chi connectivity index (χ0v) is 21.2. The standard InChI is InChI=1S/C29H34ClN5/c1-5-6-8-19(2)34-13-15-35(16-14-34)21(4)23-11-12-25-26(18-23)33-29(28(32)27(25)30)24-10-7-9-22(17-24)20(3)31/h7,9-12,17-18H,2-6,8,13-16,31-32H2,1H3. The quantitative estimate of drug-likeness (QED) is 0.387. The molecule has 3 aromatic rings. The first-order valence-electron chi connectivity index (χ1n) is 12.1. The van der Waals surface area contributed by atoms with E-state index in [2.05, 4.69) is 36.5 Å². The van der Waals surface area contributed by atoms with Crippen LogP contribution >= 0.6 is 11.6 Å². The third-order valence-electron chi connectivity index (χ3n) is 6.73. The molecule has 1 aliphatic rings. The summed E-state index contributed by atoms with van der Waals surface area (Å²) in [5, 5.41) is 1.32. The fourth-order valence-electron chi connectivity index (χ4n) is 4.52. The van der Waals surface area contributed by atoms with Crippen molar-refractivity contribution in [1.82, 2.24) is 14.8 Å². The Morgan fingerprint density at radius 3 is 2.40 bits per heavy atom. The van der Waals surface area contributed by atoms with Crippen molar-refractivity contribution in [2.75, 3.05) is 31.9 Å². The molecule has 0 saturated carbocycles. The molecule has 0 aliphatic carbocycles. The van der Waals surface area contributed by atoms with E-state index >= 15 is 0 Å². The molecule has 2 aromatic carbocycles. The van der Waals surface area contributed by atoms with E-state index in [1.807, 2.05) is 42.5 Å². The number of nitrogens with two attached hydrogens (primary N) is 2. The summed E-state index contributed by atoms with van der Waals surface area (Å²) >= 11 is 6.69. The van der Waals surface area contributed by atoms with Crippen LogP contribution < -0.4 is 11.5 Å². The number of halogens is 1. The minimum atomic E-state index is 0.449. The number of anilines is 1. The van der Waals surface area contributed by atoms with Gasteiger partial charge >= 0.3 is 0 Å². The summed E-state index contributed by atoms with van der Waals surface area (Å²) in [4.78, 5) is 9.64. The summed E-state index contributed by atoms with van der Waals surface area (Å²) in [6.45, 7) is 18.5. The van der Waals surface area contributed by atoms with E-state index in [1.54, 1.807) is 0 Å². The number of hydrogen-bond donors (Lipinski definition) is 2. The molecule has 5 nitrogen and oxygen atoms in total. The normalized spacial score (nSPS) is 13.8. The van der Waals surface area contributed by atoms with Crippen LogP contribution in [-0.4, -0.2) is 41.0 Å². The fraction of sp³-hybridized carbons (Fsp3) is 0.276. The minimum Gasteiger partial charge on any atom is -0.399 e. The lowest BCUT2D eigenvalue weighted by Gasteiger charge is -2.39. The highest BCUT2D eigenvalue weighted by molar-refractivity contribution is 6.38. The van der Waals surface area contributed by atoms with Crippen LogP contribution in [0.15, 0.2) is 67.9 Å². The number of benzene rings is 2. The van der Waals surface area contributed by atoms with Gasteiger partial charge in [0.15, 0.2) is 0 Å². The maximum Gasteiger partial charge on any atom is 0.0954 e. The lowest BCUT2D eigenvalue weighted by Crippen LogP contribution is -2.44. The first-order chi connectivity index (χ1) is 16.8. The number of allylic oxidation sites excluding steroid dienone is 1. The van der Waals surface area contributed by atoms with E-state index in [9.17, 15) is 0 Å². The highest BCUT2D eigenvalue weighted by Gasteiger charge is 2.20. The molecule has 182 valence electrons. The minimum absolute atomic E-state index is 0.449. The van der Waals surface area contributed by atoms with Crippen molar-refractivity contribution in [2.24, 2.45) is 5.73 Å². The van der Waals surface area contributed by atoms with Gasteiger partial charge in [-0.2, -0.15) is 0 Å². The number of piperazine rings is 1. The van der Waals surface area contributed by atoms with Crippen molar-refractivity contribution in [2.45, 2.75) is 26.2 Å². The van der Waals surface area contributed by atoms with Gasteiger partial charge in [0.05, 0.1) is 21.9 Å². The van der Waals surface area contributed by atoms with Gasteiger partial charge in [-0.3, -0.25) is 0 Å². The summed E-state index contributed by atoms with van der Waals surface area (Å²) < 4.78 is 0. The molecule has 0 radical (unpaired) electrons. The third-order valence-corrected chi connectivity index (χ3v) is 7.13. The summed E-state index contributed by atoms with van der Waals surface area (Å²) in [6, 6.07) is 13.8. The van der Waals surface area contributed by atoms with Gasteiger partial charge in [-0.05, 0) is 36.1 Å². The summed E-state index contributed by atoms with van der Waals surface area (Å²) in [6.07, 6.45) is 3.45. The van der Waals surface area contributed by atoms with Gasteiger partial charge in [0.1, 0.15) is 0 Å². The first kappa shape index (κ1) is 24.7. The highest BCUT2D eigenvalue weighted by Crippen LogP contribution is 2.37. The molecular weight excluding hydrogens is 454 g/mol. The van der Waals surface area contributed by atoms with Crippen LogP contribution in [0.5, 0.6) is 0 Å². The average Bonchev–Trinajstić information content (AvgIpc) is 2.88. The lowest BCUT2D eigenvalue weighted by molar-refractivity contribution is 0.209. The SMILES string of the molecule is C=C(N)c1cccc(-c2nc3cc(C(=C)N4CCN(C(=C)CCCC)CC4)ccc3c(Cl)c2N)c1. The monoisotopic (exact) mass is 487 g/mol. The number of fused-ring (bicyclic) bond motifs is 1. The summed E-state index contributed by atoms with van der Waals surface area (Å²) in [5.41, 5.74) is 19.6. The molecule has 4 N–H and O–H groups in total. The largest absolute Gasteiger partial charge is 0.399 e. The Morgan fingerprint density at radius 2 is 1.71 bits per heavy atom. The van der Waals surface area contributed by atoms with Gasteiger partial charge in [0, 0.05) is 54.2 Å². The van der Waals surface area contributed by atoms with Gasteiger partial charge in [-0.25, -0.2) is 4.98 Å². The van der Waals surface area contributed by atoms with E-state index < -0.39 is 0 Å². The lowest BCUT2D eigenvalue weighted by atomic mass is 10.0. The molecule has 6 heteroatoms. The number of rotatable bonds is 8. The Balaban J connectivity index is 1.59. The number of hydrogen-bond acceptors (Lipinski definition) is 5. The van der Waals surface area contributed by atoms with E-state index in [0.29, 0.717) is 22.1 Å². The topological polar surface area (TPSA) is 71.4 Å². The van der Waals surface area contributed by atoms with Gasteiger partial charge < -0.3 is 21.3 Å². The Hall–Kier alpha value is -3.44. The van der Waals surface area contributed by atoms with Gasteiger partial charge in [-0.1, -0.05) is 75.0 Å². The average molecular weight is 488 g/mol. The number of nitrogen functional groups attached to an aromatic ring is 1. The molecule has 1 aromatic heterocycles. The molecule has 0 unspecified atom stereocenters. The maximum atomic E-state index is 6.69. The molecule has 0 spiro atoms. The molecule has 1 aliphatic heterocycles. The van der Waals surface area contributed by atoms with Crippen molar-refractivity contribution in [3.8, 4) is 11.3 Å². The summed E-state index contributed by atoms with van der Waals surface area (Å²) in [7, 11) is 0. The zero-order valence-electron chi connectivity index (χ0n) is 20.5. The molecule has 35 heavy (non-hydrogen) atoms. The Bertz CT molecular complexity index is 1290. The predicted octanol–water partition coefficient (Wildman–Crippen LogP) is 6.36.